The minimum absolute atomic E-state index is 0.0718. The molecule has 0 saturated carbocycles. The predicted octanol–water partition coefficient (Wildman–Crippen LogP) is 2.12. The zero-order valence-electron chi connectivity index (χ0n) is 16.1. The Labute approximate surface area is 166 Å². The van der Waals surface area contributed by atoms with Crippen LogP contribution in [0, 0.1) is 0 Å². The van der Waals surface area contributed by atoms with Crippen molar-refractivity contribution in [3.63, 3.8) is 0 Å². The highest BCUT2D eigenvalue weighted by Gasteiger charge is 2.21. The Hall–Kier alpha value is -2.52. The Bertz CT molecular complexity index is 1040. The number of rotatable bonds is 5. The van der Waals surface area contributed by atoms with E-state index in [1.165, 1.54) is 22.2 Å². The van der Waals surface area contributed by atoms with Crippen molar-refractivity contribution in [1.82, 2.24) is 24.2 Å². The zero-order valence-corrected chi connectivity index (χ0v) is 16.9. The molecule has 0 aromatic carbocycles. The smallest absolute Gasteiger partial charge is 0.262 e. The molecule has 9 heteroatoms. The van der Waals surface area contributed by atoms with E-state index in [1.54, 1.807) is 12.3 Å². The lowest BCUT2D eigenvalue weighted by Gasteiger charge is -2.30. The fourth-order valence-corrected chi connectivity index (χ4v) is 4.50. The molecule has 0 unspecified atom stereocenters. The molecule has 0 radical (unpaired) electrons. The second-order valence-electron chi connectivity index (χ2n) is 7.21. The van der Waals surface area contributed by atoms with Crippen molar-refractivity contribution in [1.29, 1.82) is 0 Å². The number of carbonyl (C=O) groups is 1. The number of anilines is 1. The van der Waals surface area contributed by atoms with Gasteiger partial charge in [0.1, 0.15) is 17.2 Å². The number of nitrogens with one attached hydrogen (secondary N) is 1. The minimum Gasteiger partial charge on any atom is -0.309 e. The number of nitrogens with zero attached hydrogens (tertiary/aromatic N) is 5. The van der Waals surface area contributed by atoms with Gasteiger partial charge >= 0.3 is 0 Å². The number of hydrogen-bond donors (Lipinski definition) is 1. The lowest BCUT2D eigenvalue weighted by Crippen LogP contribution is -2.33. The molecule has 1 fully saturated rings. The van der Waals surface area contributed by atoms with E-state index in [4.69, 9.17) is 0 Å². The first-order valence-corrected chi connectivity index (χ1v) is 10.4. The second kappa shape index (κ2) is 7.84. The van der Waals surface area contributed by atoms with Crippen LogP contribution in [0.2, 0.25) is 0 Å². The summed E-state index contributed by atoms with van der Waals surface area (Å²) in [5, 5.41) is 7.88. The first-order chi connectivity index (χ1) is 13.5. The van der Waals surface area contributed by atoms with Gasteiger partial charge in [0.05, 0.1) is 24.0 Å². The third-order valence-corrected chi connectivity index (χ3v) is 6.39. The quantitative estimate of drug-likeness (QED) is 0.709. The van der Waals surface area contributed by atoms with E-state index >= 15 is 0 Å². The van der Waals surface area contributed by atoms with Gasteiger partial charge in [0, 0.05) is 10.9 Å². The highest BCUT2D eigenvalue weighted by Crippen LogP contribution is 2.25. The molecule has 0 bridgehead atoms. The molecule has 1 amide bonds. The van der Waals surface area contributed by atoms with Crippen LogP contribution in [0.3, 0.4) is 0 Å². The van der Waals surface area contributed by atoms with Crippen molar-refractivity contribution < 1.29 is 4.79 Å². The van der Waals surface area contributed by atoms with Crippen LogP contribution in [0.1, 0.15) is 30.7 Å². The van der Waals surface area contributed by atoms with Crippen LogP contribution in [0.25, 0.3) is 10.2 Å². The Morgan fingerprint density at radius 2 is 2.14 bits per heavy atom. The van der Waals surface area contributed by atoms with Crippen LogP contribution in [0.5, 0.6) is 0 Å². The van der Waals surface area contributed by atoms with Gasteiger partial charge in [-0.3, -0.25) is 14.2 Å². The number of piperidine rings is 1. The van der Waals surface area contributed by atoms with Gasteiger partial charge < -0.3 is 10.2 Å². The largest absolute Gasteiger partial charge is 0.309 e. The molecule has 1 N–H and O–H groups in total. The zero-order chi connectivity index (χ0) is 19.7. The van der Waals surface area contributed by atoms with Gasteiger partial charge in [0.2, 0.25) is 5.91 Å². The summed E-state index contributed by atoms with van der Waals surface area (Å²) in [7, 11) is 2.11. The van der Waals surface area contributed by atoms with Crippen LogP contribution in [0.4, 0.5) is 5.82 Å². The molecule has 1 aliphatic heterocycles. The van der Waals surface area contributed by atoms with Crippen molar-refractivity contribution in [2.75, 3.05) is 25.5 Å². The third-order valence-electron chi connectivity index (χ3n) is 5.20. The molecule has 4 rings (SSSR count). The van der Waals surface area contributed by atoms with Gasteiger partial charge in [0.15, 0.2) is 0 Å². The van der Waals surface area contributed by atoms with Crippen LogP contribution in [0.15, 0.2) is 29.5 Å². The summed E-state index contributed by atoms with van der Waals surface area (Å²) < 4.78 is 3.25. The van der Waals surface area contributed by atoms with Gasteiger partial charge in [-0.05, 0) is 45.5 Å². The molecule has 0 atom stereocenters. The maximum absolute atomic E-state index is 12.7. The van der Waals surface area contributed by atoms with E-state index in [0.717, 1.165) is 42.1 Å². The van der Waals surface area contributed by atoms with Gasteiger partial charge in [-0.15, -0.1) is 11.3 Å². The molecule has 8 nitrogen and oxygen atoms in total. The Morgan fingerprint density at radius 1 is 1.36 bits per heavy atom. The summed E-state index contributed by atoms with van der Waals surface area (Å²) in [6.45, 7) is 4.00. The lowest BCUT2D eigenvalue weighted by molar-refractivity contribution is -0.116. The number of aromatic nitrogens is 4. The standard InChI is InChI=1S/C19H24N6O2S/c1-3-14-10-15-18(28-14)20-12-24(19(15)27)11-17(26)22-16-4-7-21-25(16)13-5-8-23(2)9-6-13/h4,7,10,12-13H,3,5-6,8-9,11H2,1-2H3,(H,22,26). The molecule has 148 valence electrons. The summed E-state index contributed by atoms with van der Waals surface area (Å²) in [6.07, 6.45) is 6.01. The van der Waals surface area contributed by atoms with E-state index < -0.39 is 0 Å². The first-order valence-electron chi connectivity index (χ1n) is 9.55. The van der Waals surface area contributed by atoms with E-state index in [2.05, 4.69) is 27.3 Å². The molecule has 28 heavy (non-hydrogen) atoms. The number of hydrogen-bond acceptors (Lipinski definition) is 6. The molecule has 3 aromatic rings. The van der Waals surface area contributed by atoms with Crippen molar-refractivity contribution >= 4 is 33.3 Å². The lowest BCUT2D eigenvalue weighted by atomic mass is 10.1. The summed E-state index contributed by atoms with van der Waals surface area (Å²) >= 11 is 1.52. The average Bonchev–Trinajstić information content (AvgIpc) is 3.32. The topological polar surface area (TPSA) is 85.0 Å². The highest BCUT2D eigenvalue weighted by atomic mass is 32.1. The maximum Gasteiger partial charge on any atom is 0.262 e. The fourth-order valence-electron chi connectivity index (χ4n) is 3.58. The molecule has 4 heterocycles. The molecule has 0 spiro atoms. The predicted molar refractivity (Wildman–Crippen MR) is 110 cm³/mol. The monoisotopic (exact) mass is 400 g/mol. The summed E-state index contributed by atoms with van der Waals surface area (Å²) in [5.74, 6) is 0.411. The molecule has 1 saturated heterocycles. The average molecular weight is 401 g/mol. The highest BCUT2D eigenvalue weighted by molar-refractivity contribution is 7.18. The van der Waals surface area contributed by atoms with E-state index in [1.807, 2.05) is 17.7 Å². The van der Waals surface area contributed by atoms with Crippen LogP contribution in [-0.4, -0.2) is 50.3 Å². The van der Waals surface area contributed by atoms with Gasteiger partial charge in [0.25, 0.3) is 5.56 Å². The summed E-state index contributed by atoms with van der Waals surface area (Å²) in [5.41, 5.74) is -0.181. The number of fused-ring (bicyclic) bond motifs is 1. The SMILES string of the molecule is CCc1cc2c(=O)n(CC(=O)Nc3ccnn3C3CCN(C)CC3)cnc2s1. The van der Waals surface area contributed by atoms with Crippen LogP contribution < -0.4 is 10.9 Å². The Morgan fingerprint density at radius 3 is 2.89 bits per heavy atom. The van der Waals surface area contributed by atoms with E-state index in [-0.39, 0.29) is 24.1 Å². The van der Waals surface area contributed by atoms with Crippen molar-refractivity contribution in [2.45, 2.75) is 38.8 Å². The molecule has 0 aliphatic carbocycles. The van der Waals surface area contributed by atoms with Crippen molar-refractivity contribution in [3.8, 4) is 0 Å². The summed E-state index contributed by atoms with van der Waals surface area (Å²) in [6, 6.07) is 3.95. The van der Waals surface area contributed by atoms with Crippen molar-refractivity contribution in [3.05, 3.63) is 39.9 Å². The number of aryl methyl sites for hydroxylation is 1. The number of amides is 1. The molecule has 1 aliphatic rings. The third kappa shape index (κ3) is 3.72. The van der Waals surface area contributed by atoms with E-state index in [9.17, 15) is 9.59 Å². The van der Waals surface area contributed by atoms with Crippen LogP contribution in [-0.2, 0) is 17.8 Å². The molecular weight excluding hydrogens is 376 g/mol. The number of thiophene rings is 1. The normalized spacial score (nSPS) is 15.9. The molecule has 3 aromatic heterocycles. The Balaban J connectivity index is 1.48. The Kier molecular flexibility index (Phi) is 5.27. The van der Waals surface area contributed by atoms with Gasteiger partial charge in [-0.2, -0.15) is 5.10 Å². The van der Waals surface area contributed by atoms with Crippen molar-refractivity contribution in [2.24, 2.45) is 0 Å². The molecular formula is C19H24N6O2S. The summed E-state index contributed by atoms with van der Waals surface area (Å²) in [4.78, 5) is 33.7. The van der Waals surface area contributed by atoms with Crippen LogP contribution >= 0.6 is 11.3 Å². The second-order valence-corrected chi connectivity index (χ2v) is 8.32. The van der Waals surface area contributed by atoms with Gasteiger partial charge in [-0.1, -0.05) is 6.92 Å². The van der Waals surface area contributed by atoms with E-state index in [0.29, 0.717) is 11.2 Å². The van der Waals surface area contributed by atoms with Gasteiger partial charge in [-0.25, -0.2) is 9.67 Å². The maximum atomic E-state index is 12.7. The number of carbonyl (C=O) groups excluding carboxylic acids is 1. The first kappa shape index (κ1) is 18.8. The fraction of sp³-hybridized carbons (Fsp3) is 0.474. The number of likely N-dealkylation sites (tertiary alicyclic amines) is 1. The minimum atomic E-state index is -0.260.